The predicted octanol–water partition coefficient (Wildman–Crippen LogP) is 1.37. The van der Waals surface area contributed by atoms with E-state index in [0.29, 0.717) is 22.3 Å². The Kier molecular flexibility index (Phi) is 1.45. The highest BCUT2D eigenvalue weighted by atomic mass is 16.4. The Bertz CT molecular complexity index is 711. The molecular weight excluding hydrogens is 194 g/mol. The molecule has 0 aliphatic rings. The van der Waals surface area contributed by atoms with Gasteiger partial charge in [-0.2, -0.15) is 5.10 Å². The van der Waals surface area contributed by atoms with E-state index in [1.54, 1.807) is 19.2 Å². The summed E-state index contributed by atoms with van der Waals surface area (Å²) in [6.45, 7) is 1.79. The summed E-state index contributed by atoms with van der Waals surface area (Å²) >= 11 is 0. The first kappa shape index (κ1) is 8.16. The zero-order chi connectivity index (χ0) is 10.4. The van der Waals surface area contributed by atoms with Crippen LogP contribution in [0.25, 0.3) is 22.0 Å². The number of hydrogen-bond donors (Lipinski definition) is 1. The van der Waals surface area contributed by atoms with Crippen LogP contribution in [0.1, 0.15) is 5.69 Å². The predicted molar refractivity (Wildman–Crippen MR) is 54.7 cm³/mol. The molecule has 0 aliphatic heterocycles. The van der Waals surface area contributed by atoms with Gasteiger partial charge in [0.25, 0.3) is 0 Å². The molecule has 5 heteroatoms. The van der Waals surface area contributed by atoms with Gasteiger partial charge in [0.15, 0.2) is 0 Å². The Morgan fingerprint density at radius 3 is 3.20 bits per heavy atom. The normalized spacial score (nSPS) is 11.3. The molecule has 0 aromatic carbocycles. The minimum atomic E-state index is -0.401. The minimum absolute atomic E-state index is 0.321. The van der Waals surface area contributed by atoms with E-state index < -0.39 is 5.63 Å². The van der Waals surface area contributed by atoms with Crippen LogP contribution in [0, 0.1) is 6.92 Å². The lowest BCUT2D eigenvalue weighted by Crippen LogP contribution is -2.00. The number of aromatic nitrogens is 3. The Morgan fingerprint density at radius 2 is 2.33 bits per heavy atom. The number of nitrogens with one attached hydrogen (secondary N) is 1. The van der Waals surface area contributed by atoms with Crippen molar-refractivity contribution in [3.8, 4) is 0 Å². The molecule has 15 heavy (non-hydrogen) atoms. The first-order valence-electron chi connectivity index (χ1n) is 4.50. The van der Waals surface area contributed by atoms with Gasteiger partial charge in [-0.1, -0.05) is 0 Å². The van der Waals surface area contributed by atoms with E-state index in [4.69, 9.17) is 4.42 Å². The second-order valence-electron chi connectivity index (χ2n) is 3.32. The van der Waals surface area contributed by atoms with Crippen molar-refractivity contribution >= 4 is 22.0 Å². The zero-order valence-corrected chi connectivity index (χ0v) is 7.94. The number of rotatable bonds is 0. The first-order chi connectivity index (χ1) is 7.27. The van der Waals surface area contributed by atoms with Crippen molar-refractivity contribution in [3.63, 3.8) is 0 Å². The highest BCUT2D eigenvalue weighted by Crippen LogP contribution is 2.20. The quantitative estimate of drug-likeness (QED) is 0.596. The van der Waals surface area contributed by atoms with Gasteiger partial charge in [0.2, 0.25) is 5.71 Å². The van der Waals surface area contributed by atoms with Crippen LogP contribution in [0.2, 0.25) is 0 Å². The van der Waals surface area contributed by atoms with E-state index in [9.17, 15) is 4.79 Å². The van der Waals surface area contributed by atoms with Crippen molar-refractivity contribution in [2.75, 3.05) is 0 Å². The summed E-state index contributed by atoms with van der Waals surface area (Å²) in [5.74, 6) is 0. The third kappa shape index (κ3) is 0.999. The zero-order valence-electron chi connectivity index (χ0n) is 7.94. The van der Waals surface area contributed by atoms with E-state index in [0.717, 1.165) is 5.39 Å². The molecule has 0 atom stereocenters. The maximum absolute atomic E-state index is 11.6. The largest absolute Gasteiger partial charge is 0.403 e. The molecule has 0 spiro atoms. The van der Waals surface area contributed by atoms with Gasteiger partial charge in [-0.05, 0) is 19.1 Å². The van der Waals surface area contributed by atoms with Crippen molar-refractivity contribution < 1.29 is 4.42 Å². The lowest BCUT2D eigenvalue weighted by Gasteiger charge is -1.94. The van der Waals surface area contributed by atoms with E-state index in [1.165, 1.54) is 0 Å². The molecule has 3 heterocycles. The van der Waals surface area contributed by atoms with E-state index in [1.807, 2.05) is 6.07 Å². The molecule has 0 saturated carbocycles. The molecule has 5 nitrogen and oxygen atoms in total. The molecule has 0 fully saturated rings. The fraction of sp³-hybridized carbons (Fsp3) is 0.100. The van der Waals surface area contributed by atoms with Crippen molar-refractivity contribution in [1.82, 2.24) is 15.2 Å². The van der Waals surface area contributed by atoms with Crippen molar-refractivity contribution in [2.24, 2.45) is 0 Å². The number of fused-ring (bicyclic) bond motifs is 3. The van der Waals surface area contributed by atoms with Crippen LogP contribution in [0.5, 0.6) is 0 Å². The van der Waals surface area contributed by atoms with E-state index in [-0.39, 0.29) is 0 Å². The van der Waals surface area contributed by atoms with Crippen molar-refractivity contribution in [3.05, 3.63) is 34.4 Å². The van der Waals surface area contributed by atoms with E-state index in [2.05, 4.69) is 15.2 Å². The van der Waals surface area contributed by atoms with Gasteiger partial charge < -0.3 is 4.42 Å². The third-order valence-corrected chi connectivity index (χ3v) is 2.37. The maximum Gasteiger partial charge on any atom is 0.349 e. The number of aryl methyl sites for hydroxylation is 1. The number of aromatic amines is 1. The number of H-pyrrole nitrogens is 1. The molecule has 3 rings (SSSR count). The average molecular weight is 201 g/mol. The summed E-state index contributed by atoms with van der Waals surface area (Å²) in [6.07, 6.45) is 1.58. The van der Waals surface area contributed by atoms with Crippen LogP contribution < -0.4 is 5.63 Å². The smallest absolute Gasteiger partial charge is 0.349 e. The monoisotopic (exact) mass is 201 g/mol. The van der Waals surface area contributed by atoms with Gasteiger partial charge in [-0.3, -0.25) is 5.10 Å². The fourth-order valence-corrected chi connectivity index (χ4v) is 1.67. The standard InChI is InChI=1S/C10H7N3O2/c1-5-7-8(13-12-5)6-3-2-4-11-9(6)15-10(7)14/h2-4H,1H3,(H,12,13). The Balaban J connectivity index is 2.71. The van der Waals surface area contributed by atoms with Gasteiger partial charge in [0.05, 0.1) is 5.39 Å². The summed E-state index contributed by atoms with van der Waals surface area (Å²) in [4.78, 5) is 15.6. The molecule has 3 aromatic rings. The summed E-state index contributed by atoms with van der Waals surface area (Å²) in [6, 6.07) is 3.61. The molecule has 0 radical (unpaired) electrons. The Hall–Kier alpha value is -2.17. The van der Waals surface area contributed by atoms with Crippen LogP contribution >= 0.6 is 0 Å². The van der Waals surface area contributed by atoms with E-state index >= 15 is 0 Å². The van der Waals surface area contributed by atoms with Gasteiger partial charge in [0, 0.05) is 11.9 Å². The minimum Gasteiger partial charge on any atom is -0.403 e. The van der Waals surface area contributed by atoms with Crippen LogP contribution in [0.3, 0.4) is 0 Å². The average Bonchev–Trinajstić information content (AvgIpc) is 2.62. The molecule has 0 saturated heterocycles. The van der Waals surface area contributed by atoms with Gasteiger partial charge in [0.1, 0.15) is 10.9 Å². The van der Waals surface area contributed by atoms with Gasteiger partial charge in [-0.25, -0.2) is 9.78 Å². The molecule has 1 N–H and O–H groups in total. The lowest BCUT2D eigenvalue weighted by atomic mass is 10.2. The summed E-state index contributed by atoms with van der Waals surface area (Å²) in [7, 11) is 0. The molecule has 0 unspecified atom stereocenters. The second kappa shape index (κ2) is 2.66. The molecule has 0 amide bonds. The highest BCUT2D eigenvalue weighted by Gasteiger charge is 2.12. The number of nitrogens with zero attached hydrogens (tertiary/aromatic N) is 2. The number of pyridine rings is 1. The molecule has 0 bridgehead atoms. The Labute approximate surface area is 83.7 Å². The van der Waals surface area contributed by atoms with Crippen LogP contribution in [0.15, 0.2) is 27.5 Å². The van der Waals surface area contributed by atoms with Crippen molar-refractivity contribution in [1.29, 1.82) is 0 Å². The number of hydrogen-bond acceptors (Lipinski definition) is 4. The lowest BCUT2D eigenvalue weighted by molar-refractivity contribution is 0.558. The first-order valence-corrected chi connectivity index (χ1v) is 4.50. The SMILES string of the molecule is Cc1[nH]nc2c1c(=O)oc1ncccc12. The molecule has 74 valence electrons. The maximum atomic E-state index is 11.6. The molecular formula is C10H7N3O2. The second-order valence-corrected chi connectivity index (χ2v) is 3.32. The van der Waals surface area contributed by atoms with Crippen LogP contribution in [0.4, 0.5) is 0 Å². The summed E-state index contributed by atoms with van der Waals surface area (Å²) in [5.41, 5.74) is 1.25. The molecule has 3 aromatic heterocycles. The summed E-state index contributed by atoms with van der Waals surface area (Å²) < 4.78 is 5.09. The van der Waals surface area contributed by atoms with Crippen LogP contribution in [-0.2, 0) is 0 Å². The molecule has 0 aliphatic carbocycles. The van der Waals surface area contributed by atoms with Gasteiger partial charge in [-0.15, -0.1) is 0 Å². The highest BCUT2D eigenvalue weighted by molar-refractivity contribution is 6.01. The fourth-order valence-electron chi connectivity index (χ4n) is 1.67. The third-order valence-electron chi connectivity index (χ3n) is 2.37. The van der Waals surface area contributed by atoms with Gasteiger partial charge >= 0.3 is 5.63 Å². The summed E-state index contributed by atoms with van der Waals surface area (Å²) in [5, 5.41) is 8.10. The Morgan fingerprint density at radius 1 is 1.47 bits per heavy atom. The van der Waals surface area contributed by atoms with Crippen LogP contribution in [-0.4, -0.2) is 15.2 Å². The topological polar surface area (TPSA) is 71.8 Å². The van der Waals surface area contributed by atoms with Crippen molar-refractivity contribution in [2.45, 2.75) is 6.92 Å².